The first kappa shape index (κ1) is 8.95. The summed E-state index contributed by atoms with van der Waals surface area (Å²) in [6.07, 6.45) is 0. The first-order chi connectivity index (χ1) is 5.00. The minimum atomic E-state index is -3.77. The fourth-order valence-electron chi connectivity index (χ4n) is 0.614. The molecular weight excluding hydrogens is 277 g/mol. The zero-order valence-electron chi connectivity index (χ0n) is 5.41. The van der Waals surface area contributed by atoms with Gasteiger partial charge in [-0.3, -0.25) is 0 Å². The largest absolute Gasteiger partial charge is 0.254 e. The van der Waals surface area contributed by atoms with Crippen LogP contribution >= 0.6 is 22.6 Å². The molecule has 1 radical (unpaired) electrons. The van der Waals surface area contributed by atoms with Gasteiger partial charge >= 0.3 is 0 Å². The molecule has 0 saturated carbocycles. The molecule has 0 unspecified atom stereocenters. The van der Waals surface area contributed by atoms with Gasteiger partial charge in [0.05, 0.1) is 4.90 Å². The summed E-state index contributed by atoms with van der Waals surface area (Å²) in [5, 5.41) is 6.71. The molecule has 0 aliphatic carbocycles. The Bertz CT molecular complexity index is 343. The number of benzene rings is 1. The first-order valence-electron chi connectivity index (χ1n) is 2.75. The summed E-state index contributed by atoms with van der Waals surface area (Å²) in [7, 11) is -3.77. The summed E-state index contributed by atoms with van der Waals surface area (Å²) in [5.74, 6) is 0. The van der Waals surface area contributed by atoms with Crippen molar-refractivity contribution in [1.29, 1.82) is 0 Å². The van der Waals surface area contributed by atoms with Crippen LogP contribution in [0.4, 0.5) is 0 Å². The van der Waals surface area contributed by atoms with Crippen molar-refractivity contribution in [3.63, 3.8) is 0 Å². The van der Waals surface area contributed by atoms with E-state index < -0.39 is 10.0 Å². The number of nitrogens with one attached hydrogen (secondary N) is 1. The van der Waals surface area contributed by atoms with Gasteiger partial charge in [0, 0.05) is 3.57 Å². The molecule has 0 atom stereocenters. The lowest BCUT2D eigenvalue weighted by molar-refractivity contribution is 0.596. The molecule has 0 aromatic heterocycles. The lowest BCUT2D eigenvalue weighted by Crippen LogP contribution is -1.99. The highest BCUT2D eigenvalue weighted by molar-refractivity contribution is 14.1. The maximum atomic E-state index is 10.6. The summed E-state index contributed by atoms with van der Waals surface area (Å²) in [6, 6.07) is 6.15. The molecule has 0 aliphatic rings. The van der Waals surface area contributed by atoms with Crippen molar-refractivity contribution in [2.24, 2.45) is 0 Å². The monoisotopic (exact) mass is 282 g/mol. The molecule has 0 aliphatic heterocycles. The standard InChI is InChI=1S/C6H5INO2S/c7-5-1-3-6(4-2-5)11(8,9)10/h1-4,8H. The van der Waals surface area contributed by atoms with E-state index in [-0.39, 0.29) is 4.90 Å². The third-order valence-electron chi connectivity index (χ3n) is 1.12. The van der Waals surface area contributed by atoms with Crippen molar-refractivity contribution in [2.75, 3.05) is 0 Å². The second-order valence-electron chi connectivity index (χ2n) is 1.96. The topological polar surface area (TPSA) is 57.9 Å². The van der Waals surface area contributed by atoms with E-state index in [2.05, 4.69) is 22.6 Å². The Balaban J connectivity index is 3.20. The van der Waals surface area contributed by atoms with Crippen molar-refractivity contribution < 1.29 is 8.42 Å². The fourth-order valence-corrected chi connectivity index (χ4v) is 1.47. The molecule has 0 bridgehead atoms. The second kappa shape index (κ2) is 3.08. The average molecular weight is 282 g/mol. The third-order valence-corrected chi connectivity index (χ3v) is 2.74. The van der Waals surface area contributed by atoms with Gasteiger partial charge < -0.3 is 0 Å². The zero-order chi connectivity index (χ0) is 8.48. The van der Waals surface area contributed by atoms with E-state index in [1.54, 1.807) is 12.1 Å². The molecule has 59 valence electrons. The van der Waals surface area contributed by atoms with Crippen molar-refractivity contribution in [1.82, 2.24) is 5.14 Å². The third kappa shape index (κ3) is 2.42. The van der Waals surface area contributed by atoms with E-state index in [0.29, 0.717) is 0 Å². The van der Waals surface area contributed by atoms with Crippen LogP contribution < -0.4 is 5.14 Å². The Morgan fingerprint density at radius 1 is 1.18 bits per heavy atom. The normalized spacial score (nSPS) is 11.5. The van der Waals surface area contributed by atoms with Crippen LogP contribution in [0.25, 0.3) is 0 Å². The van der Waals surface area contributed by atoms with Gasteiger partial charge in [0.25, 0.3) is 10.0 Å². The quantitative estimate of drug-likeness (QED) is 0.728. The lowest BCUT2D eigenvalue weighted by atomic mass is 10.4. The second-order valence-corrected chi connectivity index (χ2v) is 4.68. The van der Waals surface area contributed by atoms with Gasteiger partial charge in [0.1, 0.15) is 0 Å². The Hall–Kier alpha value is -0.140. The highest BCUT2D eigenvalue weighted by atomic mass is 127. The molecule has 1 rings (SSSR count). The SMILES string of the molecule is [NH]S(=O)(=O)c1ccc(I)cc1. The number of halogens is 1. The summed E-state index contributed by atoms with van der Waals surface area (Å²) < 4.78 is 22.2. The van der Waals surface area contributed by atoms with Crippen molar-refractivity contribution in [3.05, 3.63) is 27.8 Å². The number of sulfonamides is 1. The van der Waals surface area contributed by atoms with Gasteiger partial charge in [0.15, 0.2) is 0 Å². The van der Waals surface area contributed by atoms with Gasteiger partial charge in [-0.1, -0.05) is 0 Å². The fraction of sp³-hybridized carbons (Fsp3) is 0. The summed E-state index contributed by atoms with van der Waals surface area (Å²) >= 11 is 2.07. The molecule has 0 amide bonds. The molecule has 5 heteroatoms. The lowest BCUT2D eigenvalue weighted by Gasteiger charge is -1.94. The minimum Gasteiger partial charge on any atom is -0.206 e. The predicted molar refractivity (Wildman–Crippen MR) is 49.4 cm³/mol. The number of hydrogen-bond donors (Lipinski definition) is 0. The van der Waals surface area contributed by atoms with Gasteiger partial charge in [-0.15, -0.1) is 5.14 Å². The Morgan fingerprint density at radius 3 is 2.00 bits per heavy atom. The highest BCUT2D eigenvalue weighted by Gasteiger charge is 2.06. The molecule has 1 N–H and O–H groups in total. The predicted octanol–water partition coefficient (Wildman–Crippen LogP) is 1.26. The Labute approximate surface area is 78.8 Å². The maximum Gasteiger partial charge on any atom is 0.254 e. The van der Waals surface area contributed by atoms with E-state index in [9.17, 15) is 8.42 Å². The van der Waals surface area contributed by atoms with Gasteiger partial charge in [-0.05, 0) is 46.9 Å². The smallest absolute Gasteiger partial charge is 0.206 e. The molecule has 0 saturated heterocycles. The molecule has 0 heterocycles. The van der Waals surface area contributed by atoms with Gasteiger partial charge in [0.2, 0.25) is 0 Å². The molecule has 1 aromatic carbocycles. The van der Waals surface area contributed by atoms with E-state index >= 15 is 0 Å². The van der Waals surface area contributed by atoms with E-state index in [4.69, 9.17) is 5.14 Å². The Kier molecular flexibility index (Phi) is 2.50. The van der Waals surface area contributed by atoms with Crippen LogP contribution in [0.2, 0.25) is 0 Å². The van der Waals surface area contributed by atoms with Crippen LogP contribution in [0.15, 0.2) is 29.2 Å². The molecule has 0 fully saturated rings. The average Bonchev–Trinajstić information content (AvgIpc) is 1.86. The van der Waals surface area contributed by atoms with Crippen molar-refractivity contribution >= 4 is 32.6 Å². The van der Waals surface area contributed by atoms with E-state index in [1.165, 1.54) is 12.1 Å². The van der Waals surface area contributed by atoms with Gasteiger partial charge in [-0.2, -0.15) is 0 Å². The van der Waals surface area contributed by atoms with Crippen LogP contribution in [0.1, 0.15) is 0 Å². The van der Waals surface area contributed by atoms with E-state index in [1.807, 2.05) is 0 Å². The van der Waals surface area contributed by atoms with Crippen LogP contribution in [0.3, 0.4) is 0 Å². The van der Waals surface area contributed by atoms with Crippen LogP contribution in [-0.4, -0.2) is 8.42 Å². The van der Waals surface area contributed by atoms with Gasteiger partial charge in [-0.25, -0.2) is 8.42 Å². The zero-order valence-corrected chi connectivity index (χ0v) is 8.39. The molecule has 11 heavy (non-hydrogen) atoms. The minimum absolute atomic E-state index is 0.0397. The van der Waals surface area contributed by atoms with Crippen molar-refractivity contribution in [2.45, 2.75) is 4.90 Å². The summed E-state index contributed by atoms with van der Waals surface area (Å²) in [4.78, 5) is 0.0397. The molecular formula is C6H5INO2S. The summed E-state index contributed by atoms with van der Waals surface area (Å²) in [6.45, 7) is 0. The molecule has 0 spiro atoms. The maximum absolute atomic E-state index is 10.6. The highest BCUT2D eigenvalue weighted by Crippen LogP contribution is 2.10. The van der Waals surface area contributed by atoms with Crippen molar-refractivity contribution in [3.8, 4) is 0 Å². The summed E-state index contributed by atoms with van der Waals surface area (Å²) in [5.41, 5.74) is 0. The molecule has 1 aromatic rings. The number of hydrogen-bond acceptors (Lipinski definition) is 2. The Morgan fingerprint density at radius 2 is 1.64 bits per heavy atom. The van der Waals surface area contributed by atoms with Crippen LogP contribution in [0, 0.1) is 3.57 Å². The van der Waals surface area contributed by atoms with Crippen LogP contribution in [-0.2, 0) is 10.0 Å². The first-order valence-corrected chi connectivity index (χ1v) is 5.31. The molecule has 3 nitrogen and oxygen atoms in total. The van der Waals surface area contributed by atoms with Crippen LogP contribution in [0.5, 0.6) is 0 Å². The van der Waals surface area contributed by atoms with E-state index in [0.717, 1.165) is 3.57 Å². The number of rotatable bonds is 1.